The number of hydrogen-bond acceptors (Lipinski definition) is 6. The number of benzene rings is 2. The van der Waals surface area contributed by atoms with E-state index in [-0.39, 0.29) is 37.0 Å². The number of carbonyl (C=O) groups is 4. The smallest absolute Gasteiger partial charge is 0.410 e. The van der Waals surface area contributed by atoms with Crippen LogP contribution in [0.1, 0.15) is 28.8 Å². The van der Waals surface area contributed by atoms with E-state index in [1.807, 2.05) is 36.4 Å². The SMILES string of the molecule is CN(C(=O)Oc1ccc2c(c1)C(=O)N(C1CCC(=O)NC1=O)C2)c1cc(-c2ccccc2)ccn1. The first-order chi connectivity index (χ1) is 16.9. The Labute approximate surface area is 201 Å². The fourth-order valence-electron chi connectivity index (χ4n) is 4.27. The average molecular weight is 470 g/mol. The molecular weight excluding hydrogens is 448 g/mol. The van der Waals surface area contributed by atoms with Crippen LogP contribution < -0.4 is 15.0 Å². The molecule has 35 heavy (non-hydrogen) atoms. The van der Waals surface area contributed by atoms with Crippen molar-refractivity contribution < 1.29 is 23.9 Å². The summed E-state index contributed by atoms with van der Waals surface area (Å²) in [4.78, 5) is 56.5. The molecule has 0 radical (unpaired) electrons. The van der Waals surface area contributed by atoms with Crippen molar-refractivity contribution in [2.45, 2.75) is 25.4 Å². The molecule has 2 aliphatic heterocycles. The van der Waals surface area contributed by atoms with Crippen molar-refractivity contribution in [3.05, 3.63) is 78.0 Å². The number of nitrogens with one attached hydrogen (secondary N) is 1. The van der Waals surface area contributed by atoms with Crippen molar-refractivity contribution in [2.75, 3.05) is 11.9 Å². The summed E-state index contributed by atoms with van der Waals surface area (Å²) in [5.41, 5.74) is 3.00. The number of pyridine rings is 1. The number of imide groups is 1. The molecule has 0 spiro atoms. The highest BCUT2D eigenvalue weighted by molar-refractivity contribution is 6.05. The summed E-state index contributed by atoms with van der Waals surface area (Å²) in [5, 5.41) is 2.28. The second-order valence-electron chi connectivity index (χ2n) is 8.41. The van der Waals surface area contributed by atoms with E-state index in [0.29, 0.717) is 11.4 Å². The maximum atomic E-state index is 13.0. The van der Waals surface area contributed by atoms with E-state index >= 15 is 0 Å². The molecule has 1 unspecified atom stereocenters. The van der Waals surface area contributed by atoms with Gasteiger partial charge in [-0.1, -0.05) is 36.4 Å². The van der Waals surface area contributed by atoms with Gasteiger partial charge in [0.05, 0.1) is 0 Å². The third kappa shape index (κ3) is 4.35. The zero-order chi connectivity index (χ0) is 24.5. The van der Waals surface area contributed by atoms with E-state index in [0.717, 1.165) is 16.7 Å². The molecule has 1 saturated heterocycles. The van der Waals surface area contributed by atoms with Crippen LogP contribution in [0.15, 0.2) is 66.9 Å². The average Bonchev–Trinajstić information content (AvgIpc) is 3.19. The lowest BCUT2D eigenvalue weighted by Gasteiger charge is -2.29. The van der Waals surface area contributed by atoms with Crippen LogP contribution in [-0.4, -0.2) is 46.8 Å². The van der Waals surface area contributed by atoms with Gasteiger partial charge in [-0.15, -0.1) is 0 Å². The van der Waals surface area contributed by atoms with E-state index in [2.05, 4.69) is 10.3 Å². The highest BCUT2D eigenvalue weighted by Crippen LogP contribution is 2.30. The van der Waals surface area contributed by atoms with Crippen LogP contribution in [0.4, 0.5) is 10.6 Å². The fourth-order valence-corrected chi connectivity index (χ4v) is 4.27. The van der Waals surface area contributed by atoms with Gasteiger partial charge in [0.15, 0.2) is 0 Å². The quantitative estimate of drug-likeness (QED) is 0.587. The summed E-state index contributed by atoms with van der Waals surface area (Å²) in [7, 11) is 1.56. The van der Waals surface area contributed by atoms with Gasteiger partial charge in [-0.3, -0.25) is 24.6 Å². The van der Waals surface area contributed by atoms with Crippen molar-refractivity contribution in [1.82, 2.24) is 15.2 Å². The molecule has 1 atom stereocenters. The minimum absolute atomic E-state index is 0.186. The topological polar surface area (TPSA) is 109 Å². The molecule has 3 heterocycles. The maximum absolute atomic E-state index is 13.0. The van der Waals surface area contributed by atoms with Crippen LogP contribution in [0.3, 0.4) is 0 Å². The van der Waals surface area contributed by atoms with Gasteiger partial charge in [-0.05, 0) is 47.4 Å². The van der Waals surface area contributed by atoms with E-state index < -0.39 is 18.0 Å². The minimum Gasteiger partial charge on any atom is -0.410 e. The normalized spacial score (nSPS) is 17.1. The Morgan fingerprint density at radius 2 is 1.86 bits per heavy atom. The van der Waals surface area contributed by atoms with Gasteiger partial charge < -0.3 is 9.64 Å². The molecule has 3 aromatic rings. The highest BCUT2D eigenvalue weighted by Gasteiger charge is 2.39. The van der Waals surface area contributed by atoms with E-state index in [1.54, 1.807) is 31.4 Å². The Kier molecular flexibility index (Phi) is 5.74. The number of ether oxygens (including phenoxy) is 1. The second-order valence-corrected chi connectivity index (χ2v) is 8.41. The molecular formula is C26H22N4O5. The Hall–Kier alpha value is -4.53. The zero-order valence-electron chi connectivity index (χ0n) is 18.9. The van der Waals surface area contributed by atoms with E-state index in [1.165, 1.54) is 15.9 Å². The summed E-state index contributed by atoms with van der Waals surface area (Å²) in [5.74, 6) is -0.521. The largest absolute Gasteiger partial charge is 0.420 e. The van der Waals surface area contributed by atoms with Crippen LogP contribution in [-0.2, 0) is 16.1 Å². The van der Waals surface area contributed by atoms with Gasteiger partial charge in [0.2, 0.25) is 11.8 Å². The molecule has 1 N–H and O–H groups in total. The Bertz CT molecular complexity index is 1340. The summed E-state index contributed by atoms with van der Waals surface area (Å²) < 4.78 is 5.52. The van der Waals surface area contributed by atoms with E-state index in [4.69, 9.17) is 4.74 Å². The predicted octanol–water partition coefficient (Wildman–Crippen LogP) is 3.14. The zero-order valence-corrected chi connectivity index (χ0v) is 18.9. The number of carbonyl (C=O) groups excluding carboxylic acids is 4. The van der Waals surface area contributed by atoms with Crippen molar-refractivity contribution in [2.24, 2.45) is 0 Å². The first-order valence-electron chi connectivity index (χ1n) is 11.2. The molecule has 0 bridgehead atoms. The van der Waals surface area contributed by atoms with Crippen LogP contribution in [0.2, 0.25) is 0 Å². The molecule has 9 heteroatoms. The van der Waals surface area contributed by atoms with Crippen LogP contribution in [0, 0.1) is 0 Å². The molecule has 1 aromatic heterocycles. The van der Waals surface area contributed by atoms with Crippen LogP contribution in [0.25, 0.3) is 11.1 Å². The Morgan fingerprint density at radius 1 is 1.06 bits per heavy atom. The van der Waals surface area contributed by atoms with Gasteiger partial charge >= 0.3 is 6.09 Å². The number of rotatable bonds is 4. The summed E-state index contributed by atoms with van der Waals surface area (Å²) in [6, 6.07) is 17.5. The third-order valence-electron chi connectivity index (χ3n) is 6.17. The predicted molar refractivity (Wildman–Crippen MR) is 127 cm³/mol. The summed E-state index contributed by atoms with van der Waals surface area (Å²) >= 11 is 0. The summed E-state index contributed by atoms with van der Waals surface area (Å²) in [6.45, 7) is 0.255. The lowest BCUT2D eigenvalue weighted by atomic mass is 10.0. The number of nitrogens with zero attached hydrogens (tertiary/aromatic N) is 3. The first kappa shape index (κ1) is 22.3. The number of hydrogen-bond donors (Lipinski definition) is 1. The third-order valence-corrected chi connectivity index (χ3v) is 6.17. The standard InChI is InChI=1S/C26H22N4O5/c1-29(22-13-17(11-12-27-22)16-5-3-2-4-6-16)26(34)35-19-8-7-18-15-30(25(33)20(18)14-19)21-9-10-23(31)28-24(21)32/h2-8,11-14,21H,9-10,15H2,1H3,(H,28,31,32). The minimum atomic E-state index is -0.701. The van der Waals surface area contributed by atoms with Crippen molar-refractivity contribution in [3.8, 4) is 16.9 Å². The van der Waals surface area contributed by atoms with Crippen molar-refractivity contribution >= 4 is 29.6 Å². The molecule has 2 aliphatic rings. The number of piperidine rings is 1. The molecule has 2 aromatic carbocycles. The van der Waals surface area contributed by atoms with Crippen LogP contribution >= 0.6 is 0 Å². The van der Waals surface area contributed by atoms with Crippen LogP contribution in [0.5, 0.6) is 5.75 Å². The number of anilines is 1. The number of fused-ring (bicyclic) bond motifs is 1. The molecule has 176 valence electrons. The molecule has 4 amide bonds. The number of aromatic nitrogens is 1. The lowest BCUT2D eigenvalue weighted by molar-refractivity contribution is -0.136. The fraction of sp³-hybridized carbons (Fsp3) is 0.192. The van der Waals surface area contributed by atoms with Gasteiger partial charge in [0, 0.05) is 31.8 Å². The van der Waals surface area contributed by atoms with Crippen molar-refractivity contribution in [1.29, 1.82) is 0 Å². The van der Waals surface area contributed by atoms with Crippen molar-refractivity contribution in [3.63, 3.8) is 0 Å². The van der Waals surface area contributed by atoms with Gasteiger partial charge in [-0.25, -0.2) is 9.78 Å². The maximum Gasteiger partial charge on any atom is 0.420 e. The monoisotopic (exact) mass is 470 g/mol. The molecule has 1 fully saturated rings. The highest BCUT2D eigenvalue weighted by atomic mass is 16.6. The van der Waals surface area contributed by atoms with Gasteiger partial charge in [0.25, 0.3) is 5.91 Å². The molecule has 0 aliphatic carbocycles. The van der Waals surface area contributed by atoms with E-state index in [9.17, 15) is 19.2 Å². The second kappa shape index (κ2) is 9.02. The molecule has 0 saturated carbocycles. The van der Waals surface area contributed by atoms with Gasteiger partial charge in [-0.2, -0.15) is 0 Å². The molecule has 5 rings (SSSR count). The Morgan fingerprint density at radius 3 is 2.63 bits per heavy atom. The first-order valence-corrected chi connectivity index (χ1v) is 11.2. The molecule has 9 nitrogen and oxygen atoms in total. The Balaban J connectivity index is 1.30. The number of amides is 4. The van der Waals surface area contributed by atoms with Gasteiger partial charge in [0.1, 0.15) is 17.6 Å². The summed E-state index contributed by atoms with van der Waals surface area (Å²) in [6.07, 6.45) is 1.44. The lowest BCUT2D eigenvalue weighted by Crippen LogP contribution is -2.52.